The van der Waals surface area contributed by atoms with Crippen LogP contribution in [0.1, 0.15) is 36.8 Å². The van der Waals surface area contributed by atoms with Crippen molar-refractivity contribution in [3.05, 3.63) is 29.3 Å². The fourth-order valence-corrected chi connectivity index (χ4v) is 2.67. The van der Waals surface area contributed by atoms with Gasteiger partial charge in [0.15, 0.2) is 0 Å². The van der Waals surface area contributed by atoms with Gasteiger partial charge in [-0.3, -0.25) is 0 Å². The normalized spacial score (nSPS) is 17.4. The summed E-state index contributed by atoms with van der Waals surface area (Å²) in [7, 11) is 1.76. The van der Waals surface area contributed by atoms with Crippen molar-refractivity contribution < 1.29 is 4.74 Å². The van der Waals surface area contributed by atoms with Crippen molar-refractivity contribution in [1.82, 2.24) is 5.32 Å². The van der Waals surface area contributed by atoms with Gasteiger partial charge >= 0.3 is 0 Å². The Bertz CT molecular complexity index is 343. The number of piperidine rings is 1. The van der Waals surface area contributed by atoms with E-state index in [1.165, 1.54) is 24.0 Å². The molecule has 1 N–H and O–H groups in total. The van der Waals surface area contributed by atoms with Gasteiger partial charge in [-0.15, -0.1) is 0 Å². The zero-order chi connectivity index (χ0) is 11.4. The number of rotatable bonds is 3. The summed E-state index contributed by atoms with van der Waals surface area (Å²) < 4.78 is 5.45. The van der Waals surface area contributed by atoms with Crippen molar-refractivity contribution in [3.8, 4) is 5.75 Å². The van der Waals surface area contributed by atoms with Gasteiger partial charge in [-0.25, -0.2) is 0 Å². The number of nitrogens with one attached hydrogen (secondary N) is 1. The van der Waals surface area contributed by atoms with Gasteiger partial charge in [0.2, 0.25) is 0 Å². The molecule has 2 rings (SSSR count). The first-order valence-electron chi connectivity index (χ1n) is 6.23. The molecule has 1 aromatic carbocycles. The smallest absolute Gasteiger partial charge is 0.122 e. The standard InChI is InChI=1S/C14H21NO/c1-3-12-13(5-4-6-14(12)16-2)11-7-9-15-10-8-11/h4-6,11,15H,3,7-10H2,1-2H3. The van der Waals surface area contributed by atoms with Crippen molar-refractivity contribution in [2.24, 2.45) is 0 Å². The van der Waals surface area contributed by atoms with E-state index in [4.69, 9.17) is 4.74 Å². The highest BCUT2D eigenvalue weighted by Gasteiger charge is 2.19. The highest BCUT2D eigenvalue weighted by molar-refractivity contribution is 5.42. The van der Waals surface area contributed by atoms with Gasteiger partial charge in [-0.05, 0) is 55.5 Å². The summed E-state index contributed by atoms with van der Waals surface area (Å²) in [5.41, 5.74) is 2.90. The molecule has 0 aromatic heterocycles. The molecule has 1 fully saturated rings. The Morgan fingerprint density at radius 1 is 1.31 bits per heavy atom. The van der Waals surface area contributed by atoms with Crippen LogP contribution < -0.4 is 10.1 Å². The average molecular weight is 219 g/mol. The highest BCUT2D eigenvalue weighted by Crippen LogP contribution is 2.33. The molecular weight excluding hydrogens is 198 g/mol. The van der Waals surface area contributed by atoms with Gasteiger partial charge in [-0.1, -0.05) is 19.1 Å². The summed E-state index contributed by atoms with van der Waals surface area (Å²) >= 11 is 0. The van der Waals surface area contributed by atoms with Gasteiger partial charge in [-0.2, -0.15) is 0 Å². The van der Waals surface area contributed by atoms with E-state index in [2.05, 4.69) is 30.4 Å². The molecule has 0 amide bonds. The van der Waals surface area contributed by atoms with Gasteiger partial charge in [0, 0.05) is 0 Å². The molecule has 0 spiro atoms. The second kappa shape index (κ2) is 5.35. The molecule has 0 atom stereocenters. The van der Waals surface area contributed by atoms with E-state index in [1.54, 1.807) is 7.11 Å². The lowest BCUT2D eigenvalue weighted by atomic mass is 9.86. The van der Waals surface area contributed by atoms with Gasteiger partial charge < -0.3 is 10.1 Å². The summed E-state index contributed by atoms with van der Waals surface area (Å²) in [5.74, 6) is 1.77. The fourth-order valence-electron chi connectivity index (χ4n) is 2.67. The Morgan fingerprint density at radius 3 is 2.69 bits per heavy atom. The zero-order valence-electron chi connectivity index (χ0n) is 10.3. The Labute approximate surface area is 98.0 Å². The molecule has 0 aliphatic carbocycles. The summed E-state index contributed by atoms with van der Waals surface area (Å²) in [6, 6.07) is 6.47. The molecule has 0 saturated carbocycles. The molecular formula is C14H21NO. The van der Waals surface area contributed by atoms with Gasteiger partial charge in [0.1, 0.15) is 5.75 Å². The van der Waals surface area contributed by atoms with Crippen LogP contribution in [0.25, 0.3) is 0 Å². The minimum absolute atomic E-state index is 0.714. The van der Waals surface area contributed by atoms with E-state index < -0.39 is 0 Å². The molecule has 0 radical (unpaired) electrons. The Hall–Kier alpha value is -1.02. The van der Waals surface area contributed by atoms with Crippen LogP contribution in [0.15, 0.2) is 18.2 Å². The Morgan fingerprint density at radius 2 is 2.06 bits per heavy atom. The van der Waals surface area contributed by atoms with E-state index in [0.29, 0.717) is 5.92 Å². The first-order valence-corrected chi connectivity index (χ1v) is 6.23. The Balaban J connectivity index is 2.30. The second-order valence-corrected chi connectivity index (χ2v) is 4.41. The molecule has 1 aliphatic heterocycles. The van der Waals surface area contributed by atoms with Crippen LogP contribution in [0.2, 0.25) is 0 Å². The molecule has 1 aromatic rings. The van der Waals surface area contributed by atoms with E-state index in [9.17, 15) is 0 Å². The van der Waals surface area contributed by atoms with E-state index in [0.717, 1.165) is 25.3 Å². The van der Waals surface area contributed by atoms with Crippen molar-refractivity contribution in [1.29, 1.82) is 0 Å². The maximum Gasteiger partial charge on any atom is 0.122 e. The zero-order valence-corrected chi connectivity index (χ0v) is 10.3. The third-order valence-corrected chi connectivity index (χ3v) is 3.52. The number of hydrogen-bond donors (Lipinski definition) is 1. The number of benzene rings is 1. The maximum absolute atomic E-state index is 5.45. The van der Waals surface area contributed by atoms with E-state index in [1.807, 2.05) is 0 Å². The van der Waals surface area contributed by atoms with Crippen molar-refractivity contribution in [3.63, 3.8) is 0 Å². The third kappa shape index (κ3) is 2.22. The molecule has 88 valence electrons. The van der Waals surface area contributed by atoms with Crippen LogP contribution in [0, 0.1) is 0 Å². The first kappa shape index (κ1) is 11.5. The lowest BCUT2D eigenvalue weighted by Crippen LogP contribution is -2.27. The monoisotopic (exact) mass is 219 g/mol. The molecule has 2 heteroatoms. The molecule has 1 aliphatic rings. The fraction of sp³-hybridized carbons (Fsp3) is 0.571. The molecule has 16 heavy (non-hydrogen) atoms. The van der Waals surface area contributed by atoms with Crippen molar-refractivity contribution >= 4 is 0 Å². The van der Waals surface area contributed by atoms with Crippen LogP contribution >= 0.6 is 0 Å². The minimum atomic E-state index is 0.714. The largest absolute Gasteiger partial charge is 0.496 e. The van der Waals surface area contributed by atoms with Crippen LogP contribution in [-0.4, -0.2) is 20.2 Å². The third-order valence-electron chi connectivity index (χ3n) is 3.52. The van der Waals surface area contributed by atoms with Gasteiger partial charge in [0.05, 0.1) is 7.11 Å². The number of methoxy groups -OCH3 is 1. The predicted octanol–water partition coefficient (Wildman–Crippen LogP) is 2.72. The Kier molecular flexibility index (Phi) is 3.83. The molecule has 0 unspecified atom stereocenters. The van der Waals surface area contributed by atoms with Crippen LogP contribution in [0.3, 0.4) is 0 Å². The first-order chi connectivity index (χ1) is 7.86. The van der Waals surface area contributed by atoms with Crippen LogP contribution in [0.4, 0.5) is 0 Å². The summed E-state index contributed by atoms with van der Waals surface area (Å²) in [6.07, 6.45) is 3.56. The SMILES string of the molecule is CCc1c(OC)cccc1C1CCNCC1. The average Bonchev–Trinajstić information content (AvgIpc) is 2.38. The summed E-state index contributed by atoms with van der Waals surface area (Å²) in [5, 5.41) is 3.42. The molecule has 1 heterocycles. The van der Waals surface area contributed by atoms with E-state index in [-0.39, 0.29) is 0 Å². The molecule has 1 saturated heterocycles. The maximum atomic E-state index is 5.45. The number of ether oxygens (including phenoxy) is 1. The van der Waals surface area contributed by atoms with Crippen molar-refractivity contribution in [2.45, 2.75) is 32.1 Å². The van der Waals surface area contributed by atoms with Gasteiger partial charge in [0.25, 0.3) is 0 Å². The quantitative estimate of drug-likeness (QED) is 0.844. The summed E-state index contributed by atoms with van der Waals surface area (Å²) in [4.78, 5) is 0. The minimum Gasteiger partial charge on any atom is -0.496 e. The molecule has 0 bridgehead atoms. The van der Waals surface area contributed by atoms with Crippen LogP contribution in [0.5, 0.6) is 5.75 Å². The molecule has 2 nitrogen and oxygen atoms in total. The lowest BCUT2D eigenvalue weighted by molar-refractivity contribution is 0.405. The second-order valence-electron chi connectivity index (χ2n) is 4.41. The lowest BCUT2D eigenvalue weighted by Gasteiger charge is -2.25. The summed E-state index contributed by atoms with van der Waals surface area (Å²) in [6.45, 7) is 4.50. The van der Waals surface area contributed by atoms with Crippen molar-refractivity contribution in [2.75, 3.05) is 20.2 Å². The number of hydrogen-bond acceptors (Lipinski definition) is 2. The van der Waals surface area contributed by atoms with E-state index >= 15 is 0 Å². The topological polar surface area (TPSA) is 21.3 Å². The van der Waals surface area contributed by atoms with Crippen LogP contribution in [-0.2, 0) is 6.42 Å². The highest BCUT2D eigenvalue weighted by atomic mass is 16.5. The predicted molar refractivity (Wildman–Crippen MR) is 67.2 cm³/mol.